The van der Waals surface area contributed by atoms with Crippen LogP contribution >= 0.6 is 0 Å². The molecule has 20 heavy (non-hydrogen) atoms. The zero-order valence-electron chi connectivity index (χ0n) is 12.9. The fourth-order valence-electron chi connectivity index (χ4n) is 2.45. The van der Waals surface area contributed by atoms with Crippen molar-refractivity contribution in [1.82, 2.24) is 14.9 Å². The van der Waals surface area contributed by atoms with Crippen LogP contribution in [-0.2, 0) is 4.74 Å². The van der Waals surface area contributed by atoms with E-state index in [0.29, 0.717) is 6.61 Å². The molecule has 0 spiro atoms. The van der Waals surface area contributed by atoms with Gasteiger partial charge in [0.25, 0.3) is 0 Å². The van der Waals surface area contributed by atoms with Gasteiger partial charge in [-0.2, -0.15) is 0 Å². The molecule has 1 aliphatic heterocycles. The average molecular weight is 279 g/mol. The van der Waals surface area contributed by atoms with E-state index >= 15 is 0 Å². The van der Waals surface area contributed by atoms with Crippen molar-refractivity contribution in [3.63, 3.8) is 0 Å². The van der Waals surface area contributed by atoms with Crippen LogP contribution in [0.25, 0.3) is 0 Å². The molecular weight excluding hydrogens is 254 g/mol. The summed E-state index contributed by atoms with van der Waals surface area (Å²) in [4.78, 5) is 13.5. The summed E-state index contributed by atoms with van der Waals surface area (Å²) in [5.74, 6) is 1.94. The Morgan fingerprint density at radius 2 is 2.00 bits per heavy atom. The van der Waals surface area contributed by atoms with Gasteiger partial charge >= 0.3 is 0 Å². The normalized spacial score (nSPS) is 18.1. The molecule has 0 bridgehead atoms. The number of rotatable bonds is 5. The molecule has 2 rings (SSSR count). The minimum Gasteiger partial charge on any atom is -0.383 e. The van der Waals surface area contributed by atoms with Gasteiger partial charge in [-0.1, -0.05) is 0 Å². The highest BCUT2D eigenvalue weighted by Crippen LogP contribution is 2.23. The van der Waals surface area contributed by atoms with Crippen LogP contribution in [0, 0.1) is 6.92 Å². The van der Waals surface area contributed by atoms with E-state index in [-0.39, 0.29) is 6.04 Å². The van der Waals surface area contributed by atoms with Crippen molar-refractivity contribution < 1.29 is 4.74 Å². The second-order valence-electron chi connectivity index (χ2n) is 5.46. The third kappa shape index (κ3) is 3.58. The minimum atomic E-state index is 0.230. The number of ether oxygens (including phenoxy) is 1. The molecule has 0 amide bonds. The molecule has 0 radical (unpaired) electrons. The Kier molecular flexibility index (Phi) is 5.14. The molecule has 0 aliphatic carbocycles. The van der Waals surface area contributed by atoms with Crippen LogP contribution in [0.1, 0.15) is 12.5 Å². The van der Waals surface area contributed by atoms with Crippen molar-refractivity contribution in [3.8, 4) is 0 Å². The predicted molar refractivity (Wildman–Crippen MR) is 81.4 cm³/mol. The van der Waals surface area contributed by atoms with Gasteiger partial charge in [0.1, 0.15) is 18.0 Å². The lowest BCUT2D eigenvalue weighted by atomic mass is 10.2. The van der Waals surface area contributed by atoms with E-state index in [2.05, 4.69) is 46.0 Å². The van der Waals surface area contributed by atoms with Gasteiger partial charge in [-0.05, 0) is 20.9 Å². The Morgan fingerprint density at radius 1 is 1.30 bits per heavy atom. The molecule has 6 nitrogen and oxygen atoms in total. The van der Waals surface area contributed by atoms with Crippen molar-refractivity contribution in [3.05, 3.63) is 11.9 Å². The smallest absolute Gasteiger partial charge is 0.137 e. The van der Waals surface area contributed by atoms with Gasteiger partial charge in [0.15, 0.2) is 0 Å². The molecule has 1 saturated heterocycles. The van der Waals surface area contributed by atoms with Gasteiger partial charge < -0.3 is 19.9 Å². The lowest BCUT2D eigenvalue weighted by Crippen LogP contribution is -2.45. The van der Waals surface area contributed by atoms with Crippen LogP contribution < -0.4 is 10.2 Å². The van der Waals surface area contributed by atoms with E-state index in [1.807, 2.05) is 0 Å². The third-order valence-corrected chi connectivity index (χ3v) is 3.66. The molecule has 112 valence electrons. The molecule has 2 heterocycles. The van der Waals surface area contributed by atoms with E-state index in [9.17, 15) is 0 Å². The number of nitrogens with one attached hydrogen (secondary N) is 1. The van der Waals surface area contributed by atoms with Crippen molar-refractivity contribution in [2.24, 2.45) is 0 Å². The number of methoxy groups -OCH3 is 1. The Balaban J connectivity index is 2.10. The SMILES string of the molecule is COC[C@@H](C)Nc1ncnc(N2CCN(C)CC2)c1C. The zero-order chi connectivity index (χ0) is 14.5. The summed E-state index contributed by atoms with van der Waals surface area (Å²) in [6.45, 7) is 9.00. The van der Waals surface area contributed by atoms with Crippen LogP contribution in [0.5, 0.6) is 0 Å². The maximum Gasteiger partial charge on any atom is 0.137 e. The summed E-state index contributed by atoms with van der Waals surface area (Å²) in [7, 11) is 3.87. The van der Waals surface area contributed by atoms with Gasteiger partial charge in [0.2, 0.25) is 0 Å². The predicted octanol–water partition coefficient (Wildman–Crippen LogP) is 0.984. The van der Waals surface area contributed by atoms with Crippen LogP contribution in [-0.4, -0.2) is 67.9 Å². The molecule has 0 unspecified atom stereocenters. The topological polar surface area (TPSA) is 53.5 Å². The fraction of sp³-hybridized carbons (Fsp3) is 0.714. The highest BCUT2D eigenvalue weighted by Gasteiger charge is 2.19. The van der Waals surface area contributed by atoms with Crippen molar-refractivity contribution in [1.29, 1.82) is 0 Å². The van der Waals surface area contributed by atoms with Crippen molar-refractivity contribution >= 4 is 11.6 Å². The Morgan fingerprint density at radius 3 is 2.65 bits per heavy atom. The number of aromatic nitrogens is 2. The van der Waals surface area contributed by atoms with Gasteiger partial charge in [-0.15, -0.1) is 0 Å². The lowest BCUT2D eigenvalue weighted by molar-refractivity contribution is 0.190. The largest absolute Gasteiger partial charge is 0.383 e. The van der Waals surface area contributed by atoms with E-state index in [1.54, 1.807) is 13.4 Å². The van der Waals surface area contributed by atoms with Gasteiger partial charge in [-0.3, -0.25) is 0 Å². The molecule has 0 saturated carbocycles. The second-order valence-corrected chi connectivity index (χ2v) is 5.46. The zero-order valence-corrected chi connectivity index (χ0v) is 12.9. The Labute approximate surface area is 121 Å². The number of hydrogen-bond donors (Lipinski definition) is 1. The van der Waals surface area contributed by atoms with E-state index in [0.717, 1.165) is 43.4 Å². The summed E-state index contributed by atoms with van der Waals surface area (Å²) in [6.07, 6.45) is 1.64. The molecule has 1 N–H and O–H groups in total. The first-order chi connectivity index (χ1) is 9.61. The monoisotopic (exact) mass is 279 g/mol. The lowest BCUT2D eigenvalue weighted by Gasteiger charge is -2.34. The van der Waals surface area contributed by atoms with Crippen molar-refractivity contribution in [2.75, 3.05) is 57.2 Å². The summed E-state index contributed by atoms with van der Waals surface area (Å²) in [6, 6.07) is 0.230. The molecule has 1 aliphatic rings. The van der Waals surface area contributed by atoms with Crippen LogP contribution in [0.2, 0.25) is 0 Å². The number of piperazine rings is 1. The molecule has 1 atom stereocenters. The Hall–Kier alpha value is -1.40. The summed E-state index contributed by atoms with van der Waals surface area (Å²) >= 11 is 0. The van der Waals surface area contributed by atoms with E-state index in [1.165, 1.54) is 0 Å². The fourth-order valence-corrected chi connectivity index (χ4v) is 2.45. The first-order valence-corrected chi connectivity index (χ1v) is 7.12. The second kappa shape index (κ2) is 6.85. The number of anilines is 2. The van der Waals surface area contributed by atoms with Crippen LogP contribution in [0.3, 0.4) is 0 Å². The average Bonchev–Trinajstić information content (AvgIpc) is 2.43. The standard InChI is InChI=1S/C14H25N5O/c1-11(9-20-4)17-13-12(2)14(16-10-15-13)19-7-5-18(3)6-8-19/h10-11H,5-9H2,1-4H3,(H,15,16,17)/t11-/m1/s1. The van der Waals surface area contributed by atoms with Crippen LogP contribution in [0.4, 0.5) is 11.6 Å². The number of nitrogens with zero attached hydrogens (tertiary/aromatic N) is 4. The highest BCUT2D eigenvalue weighted by atomic mass is 16.5. The maximum atomic E-state index is 5.15. The quantitative estimate of drug-likeness (QED) is 0.867. The third-order valence-electron chi connectivity index (χ3n) is 3.66. The summed E-state index contributed by atoms with van der Waals surface area (Å²) in [5.41, 5.74) is 1.11. The van der Waals surface area contributed by atoms with Gasteiger partial charge in [0, 0.05) is 44.9 Å². The minimum absolute atomic E-state index is 0.230. The summed E-state index contributed by atoms with van der Waals surface area (Å²) < 4.78 is 5.15. The molecular formula is C14H25N5O. The molecule has 1 aromatic heterocycles. The number of hydrogen-bond acceptors (Lipinski definition) is 6. The van der Waals surface area contributed by atoms with E-state index < -0.39 is 0 Å². The van der Waals surface area contributed by atoms with Gasteiger partial charge in [0.05, 0.1) is 6.61 Å². The maximum absolute atomic E-state index is 5.15. The highest BCUT2D eigenvalue weighted by molar-refractivity contribution is 5.58. The first-order valence-electron chi connectivity index (χ1n) is 7.12. The molecule has 1 aromatic rings. The van der Waals surface area contributed by atoms with Crippen molar-refractivity contribution in [2.45, 2.75) is 19.9 Å². The van der Waals surface area contributed by atoms with Gasteiger partial charge in [-0.25, -0.2) is 9.97 Å². The Bertz CT molecular complexity index is 432. The van der Waals surface area contributed by atoms with Crippen LogP contribution in [0.15, 0.2) is 6.33 Å². The summed E-state index contributed by atoms with van der Waals surface area (Å²) in [5, 5.41) is 3.39. The van der Waals surface area contributed by atoms with E-state index in [4.69, 9.17) is 4.74 Å². The first kappa shape index (κ1) is 15.0. The number of likely N-dealkylation sites (N-methyl/N-ethyl adjacent to an activating group) is 1. The molecule has 6 heteroatoms. The molecule has 1 fully saturated rings. The molecule has 0 aromatic carbocycles.